The molecule has 3 aliphatic rings. The summed E-state index contributed by atoms with van der Waals surface area (Å²) in [6, 6.07) is -1.00. The fourth-order valence-corrected chi connectivity index (χ4v) is 12.3. The van der Waals surface area contributed by atoms with Crippen molar-refractivity contribution in [3.8, 4) is 0 Å². The molecule has 12 N–H and O–H groups in total. The number of aliphatic hydroxyl groups excluding tert-OH is 11. The van der Waals surface area contributed by atoms with Gasteiger partial charge >= 0.3 is 0 Å². The second-order valence-electron chi connectivity index (χ2n) is 27.1. The number of carbonyl (C=O) groups excluding carboxylic acids is 1. The Hall–Kier alpha value is -3.55. The van der Waals surface area contributed by atoms with Crippen molar-refractivity contribution in [2.75, 3.05) is 26.4 Å². The SMILES string of the molecule is CC/C=C\C/C=C\C/C=C\C/C=C\C/C=C\C/C=C\CCCCCCCCCCCCCCCCCCCCC(=O)NC(COC1OC(CO)C(OC2OC(CO)C(OC3OC(CO)C(O)C(O)C3O)C(O)C2O)C(O)C1O)C(O)/C=C/CC/C=C/CC/C=C/CCCCCCCCC. The van der Waals surface area contributed by atoms with Gasteiger partial charge in [0.15, 0.2) is 18.9 Å². The Balaban J connectivity index is 1.34. The highest BCUT2D eigenvalue weighted by Crippen LogP contribution is 2.33. The van der Waals surface area contributed by atoms with Crippen LogP contribution in [0.25, 0.3) is 0 Å². The molecular formula is C80H137NO18. The lowest BCUT2D eigenvalue weighted by Gasteiger charge is -2.48. The number of ether oxygens (including phenoxy) is 6. The zero-order valence-corrected chi connectivity index (χ0v) is 60.7. The molecule has 0 bridgehead atoms. The molecule has 99 heavy (non-hydrogen) atoms. The van der Waals surface area contributed by atoms with Crippen molar-refractivity contribution in [3.63, 3.8) is 0 Å². The normalized spacial score (nSPS) is 27.2. The van der Waals surface area contributed by atoms with Crippen LogP contribution in [0.2, 0.25) is 0 Å². The first-order valence-corrected chi connectivity index (χ1v) is 38.6. The maximum atomic E-state index is 13.4. The van der Waals surface area contributed by atoms with Crippen LogP contribution in [0.5, 0.6) is 0 Å². The van der Waals surface area contributed by atoms with Crippen molar-refractivity contribution < 1.29 is 89.4 Å². The predicted molar refractivity (Wildman–Crippen MR) is 392 cm³/mol. The first-order chi connectivity index (χ1) is 48.3. The third-order valence-electron chi connectivity index (χ3n) is 18.5. The van der Waals surface area contributed by atoms with E-state index in [4.69, 9.17) is 28.4 Å². The molecule has 0 spiro atoms. The molecule has 0 radical (unpaired) electrons. The van der Waals surface area contributed by atoms with E-state index >= 15 is 0 Å². The molecule has 17 atom stereocenters. The van der Waals surface area contributed by atoms with Gasteiger partial charge in [-0.05, 0) is 96.3 Å². The van der Waals surface area contributed by atoms with Gasteiger partial charge in [-0.3, -0.25) is 4.79 Å². The molecule has 1 amide bonds. The first-order valence-electron chi connectivity index (χ1n) is 38.6. The Morgan fingerprint density at radius 2 is 0.707 bits per heavy atom. The molecule has 0 aliphatic carbocycles. The van der Waals surface area contributed by atoms with Crippen LogP contribution < -0.4 is 5.32 Å². The smallest absolute Gasteiger partial charge is 0.220 e. The van der Waals surface area contributed by atoms with E-state index < -0.39 is 124 Å². The summed E-state index contributed by atoms with van der Waals surface area (Å²) < 4.78 is 34.4. The maximum Gasteiger partial charge on any atom is 0.220 e. The predicted octanol–water partition coefficient (Wildman–Crippen LogP) is 12.2. The van der Waals surface area contributed by atoms with Gasteiger partial charge in [-0.1, -0.05) is 264 Å². The Kier molecular flexibility index (Phi) is 54.2. The maximum absolute atomic E-state index is 13.4. The molecule has 17 unspecified atom stereocenters. The van der Waals surface area contributed by atoms with E-state index in [2.05, 4.69) is 116 Å². The lowest BCUT2D eigenvalue weighted by atomic mass is 9.96. The van der Waals surface area contributed by atoms with E-state index in [-0.39, 0.29) is 18.9 Å². The fourth-order valence-electron chi connectivity index (χ4n) is 12.3. The minimum atomic E-state index is -1.99. The zero-order valence-electron chi connectivity index (χ0n) is 60.7. The summed E-state index contributed by atoms with van der Waals surface area (Å²) in [5, 5.41) is 121. The first kappa shape index (κ1) is 89.7. The largest absolute Gasteiger partial charge is 0.394 e. The van der Waals surface area contributed by atoms with Gasteiger partial charge in [0.1, 0.15) is 73.2 Å². The standard InChI is InChI=1S/C80H137NO18/c1-3-5-7-9-11-13-15-17-19-21-22-23-24-25-26-27-28-29-30-31-32-33-34-35-36-37-38-39-40-42-44-46-48-50-52-54-56-58-68(86)81-63(64(85)57-55-53-51-49-47-45-43-41-20-18-16-14-12-10-8-6-4-2)62-94-78-74(92)71(89)76(66(60-83)96-78)99-80-75(93)72(90)77(67(61-84)97-80)98-79-73(91)70(88)69(87)65(59-82)95-79/h5,7,11,13,17,19-20,22-23,25-26,28-29,41,47,49,55,57,63-67,69-80,82-85,87-93H,3-4,6,8-10,12,14-16,18,21,24,27,30-40,42-46,48,50-54,56,58-62H2,1-2H3,(H,81,86)/b7-5-,13-11-,19-17-,23-22-,26-25-,29-28-,41-20+,49-47+,57-55+. The van der Waals surface area contributed by atoms with Crippen LogP contribution >= 0.6 is 0 Å². The molecule has 3 fully saturated rings. The number of aliphatic hydroxyl groups is 11. The average Bonchev–Trinajstić information content (AvgIpc) is 0.786. The lowest BCUT2D eigenvalue weighted by molar-refractivity contribution is -0.379. The van der Waals surface area contributed by atoms with Crippen LogP contribution in [-0.4, -0.2) is 193 Å². The molecule has 570 valence electrons. The number of amides is 1. The molecule has 3 heterocycles. The van der Waals surface area contributed by atoms with Crippen molar-refractivity contribution in [2.24, 2.45) is 0 Å². The number of allylic oxidation sites excluding steroid dienone is 17. The van der Waals surface area contributed by atoms with Crippen molar-refractivity contribution in [3.05, 3.63) is 109 Å². The van der Waals surface area contributed by atoms with E-state index in [0.29, 0.717) is 12.8 Å². The number of hydrogen-bond donors (Lipinski definition) is 12. The van der Waals surface area contributed by atoms with Crippen LogP contribution in [0.4, 0.5) is 0 Å². The summed E-state index contributed by atoms with van der Waals surface area (Å²) in [7, 11) is 0. The molecular weight excluding hydrogens is 1260 g/mol. The second-order valence-corrected chi connectivity index (χ2v) is 27.1. The summed E-state index contributed by atoms with van der Waals surface area (Å²) in [5.74, 6) is -0.291. The van der Waals surface area contributed by atoms with E-state index in [1.807, 2.05) is 6.08 Å². The highest BCUT2D eigenvalue weighted by molar-refractivity contribution is 5.76. The van der Waals surface area contributed by atoms with Gasteiger partial charge in [0, 0.05) is 6.42 Å². The molecule has 0 saturated carbocycles. The minimum Gasteiger partial charge on any atom is -0.394 e. The van der Waals surface area contributed by atoms with Gasteiger partial charge in [0.2, 0.25) is 5.91 Å². The molecule has 3 rings (SSSR count). The number of rotatable bonds is 59. The van der Waals surface area contributed by atoms with Crippen LogP contribution in [0.15, 0.2) is 109 Å². The van der Waals surface area contributed by atoms with Crippen molar-refractivity contribution >= 4 is 5.91 Å². The average molecular weight is 1400 g/mol. The van der Waals surface area contributed by atoms with Crippen molar-refractivity contribution in [2.45, 2.75) is 362 Å². The van der Waals surface area contributed by atoms with E-state index in [9.17, 15) is 61.0 Å². The van der Waals surface area contributed by atoms with Crippen LogP contribution in [0, 0.1) is 0 Å². The molecule has 0 aromatic rings. The Morgan fingerprint density at radius 3 is 1.13 bits per heavy atom. The summed E-state index contributed by atoms with van der Waals surface area (Å²) in [5.41, 5.74) is 0. The summed E-state index contributed by atoms with van der Waals surface area (Å²) in [6.45, 7) is 1.59. The summed E-state index contributed by atoms with van der Waals surface area (Å²) >= 11 is 0. The summed E-state index contributed by atoms with van der Waals surface area (Å²) in [6.07, 6.45) is 55.1. The number of unbranched alkanes of at least 4 members (excludes halogenated alkanes) is 27. The van der Waals surface area contributed by atoms with Gasteiger partial charge in [-0.2, -0.15) is 0 Å². The molecule has 0 aromatic carbocycles. The van der Waals surface area contributed by atoms with Gasteiger partial charge < -0.3 is 89.9 Å². The van der Waals surface area contributed by atoms with Gasteiger partial charge in [0.25, 0.3) is 0 Å². The Bertz CT molecular complexity index is 2220. The fraction of sp³-hybridized carbons (Fsp3) is 0.762. The monoisotopic (exact) mass is 1400 g/mol. The number of nitrogens with one attached hydrogen (secondary N) is 1. The summed E-state index contributed by atoms with van der Waals surface area (Å²) in [4.78, 5) is 13.4. The molecule has 19 nitrogen and oxygen atoms in total. The lowest BCUT2D eigenvalue weighted by Crippen LogP contribution is -2.66. The zero-order chi connectivity index (χ0) is 71.8. The molecule has 3 saturated heterocycles. The van der Waals surface area contributed by atoms with E-state index in [1.165, 1.54) is 141 Å². The van der Waals surface area contributed by atoms with Crippen LogP contribution in [-0.2, 0) is 33.2 Å². The third-order valence-corrected chi connectivity index (χ3v) is 18.5. The van der Waals surface area contributed by atoms with Crippen molar-refractivity contribution in [1.82, 2.24) is 5.32 Å². The molecule has 3 aliphatic heterocycles. The highest BCUT2D eigenvalue weighted by Gasteiger charge is 2.53. The van der Waals surface area contributed by atoms with Gasteiger partial charge in [-0.15, -0.1) is 0 Å². The Labute approximate surface area is 595 Å². The quantitative estimate of drug-likeness (QED) is 0.0199. The second kappa shape index (κ2) is 59.8. The number of hydrogen-bond acceptors (Lipinski definition) is 18. The Morgan fingerprint density at radius 1 is 0.374 bits per heavy atom. The number of carbonyl (C=O) groups is 1. The van der Waals surface area contributed by atoms with E-state index in [0.717, 1.165) is 83.5 Å². The highest BCUT2D eigenvalue weighted by atomic mass is 16.8. The van der Waals surface area contributed by atoms with Gasteiger partial charge in [0.05, 0.1) is 38.6 Å². The topological polar surface area (TPSA) is 307 Å². The van der Waals surface area contributed by atoms with Crippen LogP contribution in [0.3, 0.4) is 0 Å². The molecule has 0 aromatic heterocycles. The van der Waals surface area contributed by atoms with Crippen LogP contribution in [0.1, 0.15) is 258 Å². The minimum absolute atomic E-state index is 0.228. The van der Waals surface area contributed by atoms with Crippen molar-refractivity contribution in [1.29, 1.82) is 0 Å². The van der Waals surface area contributed by atoms with E-state index in [1.54, 1.807) is 6.08 Å². The van der Waals surface area contributed by atoms with Gasteiger partial charge in [-0.25, -0.2) is 0 Å². The third kappa shape index (κ3) is 40.3. The molecule has 19 heteroatoms.